The molecule has 0 radical (unpaired) electrons. The number of hydrogen-bond donors (Lipinski definition) is 1. The van der Waals surface area contributed by atoms with Crippen molar-refractivity contribution in [3.8, 4) is 17.6 Å². The van der Waals surface area contributed by atoms with Crippen LogP contribution in [0.1, 0.15) is 25.3 Å². The first-order valence-electron chi connectivity index (χ1n) is 8.11. The SMILES string of the molecule is CCOc1cc(/C=C(\C#N)C(=O)NC[C@@H]2CCCO2)cc(Br)c1OC. The summed E-state index contributed by atoms with van der Waals surface area (Å²) in [6.45, 7) is 3.48. The van der Waals surface area contributed by atoms with Gasteiger partial charge in [-0.2, -0.15) is 5.26 Å². The molecule has 1 heterocycles. The molecule has 1 aliphatic heterocycles. The normalized spacial score (nSPS) is 17.0. The predicted octanol–water partition coefficient (Wildman–Crippen LogP) is 3.06. The topological polar surface area (TPSA) is 80.6 Å². The minimum Gasteiger partial charge on any atom is -0.492 e. The van der Waals surface area contributed by atoms with Gasteiger partial charge in [-0.05, 0) is 59.5 Å². The van der Waals surface area contributed by atoms with Crippen molar-refractivity contribution >= 4 is 27.9 Å². The van der Waals surface area contributed by atoms with Crippen LogP contribution >= 0.6 is 15.9 Å². The summed E-state index contributed by atoms with van der Waals surface area (Å²) >= 11 is 3.42. The highest BCUT2D eigenvalue weighted by atomic mass is 79.9. The van der Waals surface area contributed by atoms with E-state index in [-0.39, 0.29) is 11.7 Å². The van der Waals surface area contributed by atoms with Crippen LogP contribution in [0, 0.1) is 11.3 Å². The third kappa shape index (κ3) is 5.21. The minimum atomic E-state index is -0.414. The van der Waals surface area contributed by atoms with E-state index in [0.29, 0.717) is 34.7 Å². The fourth-order valence-electron chi connectivity index (χ4n) is 2.55. The molecule has 1 aromatic carbocycles. The van der Waals surface area contributed by atoms with Gasteiger partial charge in [-0.3, -0.25) is 4.79 Å². The van der Waals surface area contributed by atoms with Gasteiger partial charge in [0.1, 0.15) is 11.6 Å². The van der Waals surface area contributed by atoms with Crippen LogP contribution in [-0.4, -0.2) is 38.9 Å². The quantitative estimate of drug-likeness (QED) is 0.553. The van der Waals surface area contributed by atoms with Crippen molar-refractivity contribution in [3.05, 3.63) is 27.7 Å². The van der Waals surface area contributed by atoms with Crippen molar-refractivity contribution in [1.29, 1.82) is 5.26 Å². The highest BCUT2D eigenvalue weighted by Gasteiger charge is 2.18. The van der Waals surface area contributed by atoms with E-state index in [1.54, 1.807) is 19.2 Å². The van der Waals surface area contributed by atoms with Crippen molar-refractivity contribution in [2.75, 3.05) is 26.9 Å². The summed E-state index contributed by atoms with van der Waals surface area (Å²) < 4.78 is 17.0. The fraction of sp³-hybridized carbons (Fsp3) is 0.444. The molecule has 0 bridgehead atoms. The van der Waals surface area contributed by atoms with E-state index in [0.717, 1.165) is 19.4 Å². The van der Waals surface area contributed by atoms with Crippen LogP contribution in [0.15, 0.2) is 22.2 Å². The lowest BCUT2D eigenvalue weighted by Gasteiger charge is -2.12. The van der Waals surface area contributed by atoms with Crippen LogP contribution in [0.4, 0.5) is 0 Å². The zero-order chi connectivity index (χ0) is 18.2. The monoisotopic (exact) mass is 408 g/mol. The highest BCUT2D eigenvalue weighted by Crippen LogP contribution is 2.37. The summed E-state index contributed by atoms with van der Waals surface area (Å²) in [7, 11) is 1.55. The molecule has 1 atom stereocenters. The number of amides is 1. The van der Waals surface area contributed by atoms with Crippen molar-refractivity contribution in [3.63, 3.8) is 0 Å². The molecule has 1 saturated heterocycles. The zero-order valence-electron chi connectivity index (χ0n) is 14.3. The number of nitriles is 1. The Hall–Kier alpha value is -2.04. The number of rotatable bonds is 7. The molecule has 1 amide bonds. The van der Waals surface area contributed by atoms with Crippen LogP contribution in [0.2, 0.25) is 0 Å². The molecular weight excluding hydrogens is 388 g/mol. The van der Waals surface area contributed by atoms with E-state index in [1.165, 1.54) is 6.08 Å². The molecule has 25 heavy (non-hydrogen) atoms. The average Bonchev–Trinajstić information content (AvgIpc) is 3.11. The van der Waals surface area contributed by atoms with Gasteiger partial charge in [0.15, 0.2) is 11.5 Å². The summed E-state index contributed by atoms with van der Waals surface area (Å²) in [5.74, 6) is 0.700. The zero-order valence-corrected chi connectivity index (χ0v) is 15.9. The molecule has 1 fully saturated rings. The van der Waals surface area contributed by atoms with Gasteiger partial charge in [0.2, 0.25) is 0 Å². The standard InChI is InChI=1S/C18H21BrN2O4/c1-3-24-16-9-12(8-15(19)17(16)23-2)7-13(10-20)18(22)21-11-14-5-4-6-25-14/h7-9,14H,3-6,11H2,1-2H3,(H,21,22)/b13-7+/t14-/m0/s1. The Morgan fingerprint density at radius 3 is 2.96 bits per heavy atom. The van der Waals surface area contributed by atoms with E-state index in [2.05, 4.69) is 21.2 Å². The van der Waals surface area contributed by atoms with Gasteiger partial charge in [0, 0.05) is 13.2 Å². The Kier molecular flexibility index (Phi) is 7.29. The van der Waals surface area contributed by atoms with Crippen molar-refractivity contribution in [2.24, 2.45) is 0 Å². The molecule has 134 valence electrons. The molecule has 2 rings (SSSR count). The van der Waals surface area contributed by atoms with E-state index in [1.807, 2.05) is 13.0 Å². The maximum atomic E-state index is 12.2. The molecule has 1 aliphatic rings. The molecule has 6 nitrogen and oxygen atoms in total. The van der Waals surface area contributed by atoms with E-state index in [4.69, 9.17) is 14.2 Å². The number of carbonyl (C=O) groups excluding carboxylic acids is 1. The van der Waals surface area contributed by atoms with Crippen molar-refractivity contribution < 1.29 is 19.0 Å². The number of benzene rings is 1. The Morgan fingerprint density at radius 2 is 2.36 bits per heavy atom. The second-order valence-corrected chi connectivity index (χ2v) is 6.34. The van der Waals surface area contributed by atoms with Gasteiger partial charge in [-0.1, -0.05) is 0 Å². The lowest BCUT2D eigenvalue weighted by atomic mass is 10.1. The summed E-state index contributed by atoms with van der Waals surface area (Å²) in [6.07, 6.45) is 3.48. The number of nitrogens with zero attached hydrogens (tertiary/aromatic N) is 1. The summed E-state index contributed by atoms with van der Waals surface area (Å²) in [5.41, 5.74) is 0.692. The van der Waals surface area contributed by atoms with Crippen molar-refractivity contribution in [2.45, 2.75) is 25.9 Å². The highest BCUT2D eigenvalue weighted by molar-refractivity contribution is 9.10. The molecule has 1 aromatic rings. The predicted molar refractivity (Wildman–Crippen MR) is 97.4 cm³/mol. The number of carbonyl (C=O) groups is 1. The first-order chi connectivity index (χ1) is 12.1. The molecule has 0 saturated carbocycles. The molecule has 0 spiro atoms. The van der Waals surface area contributed by atoms with Gasteiger partial charge in [0.05, 0.1) is 24.3 Å². The maximum Gasteiger partial charge on any atom is 0.262 e. The molecular formula is C18H21BrN2O4. The van der Waals surface area contributed by atoms with Crippen LogP contribution < -0.4 is 14.8 Å². The Labute approximate surface area is 155 Å². The van der Waals surface area contributed by atoms with E-state index in [9.17, 15) is 10.1 Å². The molecule has 7 heteroatoms. The maximum absolute atomic E-state index is 12.2. The number of ether oxygens (including phenoxy) is 3. The lowest BCUT2D eigenvalue weighted by molar-refractivity contribution is -0.117. The number of halogens is 1. The largest absolute Gasteiger partial charge is 0.492 e. The van der Waals surface area contributed by atoms with E-state index >= 15 is 0 Å². The van der Waals surface area contributed by atoms with Crippen LogP contribution in [-0.2, 0) is 9.53 Å². The first kappa shape index (κ1) is 19.3. The van der Waals surface area contributed by atoms with Gasteiger partial charge < -0.3 is 19.5 Å². The third-order valence-corrected chi connectivity index (χ3v) is 4.32. The molecule has 0 aliphatic carbocycles. The number of methoxy groups -OCH3 is 1. The van der Waals surface area contributed by atoms with E-state index < -0.39 is 5.91 Å². The third-order valence-electron chi connectivity index (χ3n) is 3.73. The van der Waals surface area contributed by atoms with Gasteiger partial charge in [-0.15, -0.1) is 0 Å². The second kappa shape index (κ2) is 9.44. The van der Waals surface area contributed by atoms with Gasteiger partial charge in [-0.25, -0.2) is 0 Å². The first-order valence-corrected chi connectivity index (χ1v) is 8.90. The number of hydrogen-bond acceptors (Lipinski definition) is 5. The minimum absolute atomic E-state index is 0.0255. The van der Waals surface area contributed by atoms with Crippen LogP contribution in [0.5, 0.6) is 11.5 Å². The van der Waals surface area contributed by atoms with Crippen molar-refractivity contribution in [1.82, 2.24) is 5.32 Å². The summed E-state index contributed by atoms with van der Waals surface area (Å²) in [5, 5.41) is 12.1. The Bertz CT molecular complexity index is 691. The second-order valence-electron chi connectivity index (χ2n) is 5.48. The fourth-order valence-corrected chi connectivity index (χ4v) is 3.18. The molecule has 0 aromatic heterocycles. The number of nitrogens with one attached hydrogen (secondary N) is 1. The van der Waals surface area contributed by atoms with Crippen LogP contribution in [0.3, 0.4) is 0 Å². The lowest BCUT2D eigenvalue weighted by Crippen LogP contribution is -2.32. The Balaban J connectivity index is 2.17. The Morgan fingerprint density at radius 1 is 1.56 bits per heavy atom. The van der Waals surface area contributed by atoms with Gasteiger partial charge >= 0.3 is 0 Å². The molecule has 1 N–H and O–H groups in total. The van der Waals surface area contributed by atoms with Gasteiger partial charge in [0.25, 0.3) is 5.91 Å². The smallest absolute Gasteiger partial charge is 0.262 e. The average molecular weight is 409 g/mol. The summed E-state index contributed by atoms with van der Waals surface area (Å²) in [4.78, 5) is 12.2. The molecule has 0 unspecified atom stereocenters. The van der Waals surface area contributed by atoms with Crippen LogP contribution in [0.25, 0.3) is 6.08 Å². The summed E-state index contributed by atoms with van der Waals surface area (Å²) in [6, 6.07) is 5.45.